The molecule has 1 amide bonds. The third-order valence-electron chi connectivity index (χ3n) is 2.52. The molecule has 1 N–H and O–H groups in total. The summed E-state index contributed by atoms with van der Waals surface area (Å²) in [6.45, 7) is 2.44. The summed E-state index contributed by atoms with van der Waals surface area (Å²) in [5.41, 5.74) is 0.617. The highest BCUT2D eigenvalue weighted by molar-refractivity contribution is 5.93. The lowest BCUT2D eigenvalue weighted by atomic mass is 10.1. The van der Waals surface area contributed by atoms with Crippen molar-refractivity contribution < 1.29 is 19.4 Å². The Morgan fingerprint density at radius 2 is 2.31 bits per heavy atom. The summed E-state index contributed by atoms with van der Waals surface area (Å²) in [7, 11) is 1.61. The highest BCUT2D eigenvalue weighted by atomic mass is 16.5. The van der Waals surface area contributed by atoms with E-state index in [9.17, 15) is 9.59 Å². The lowest BCUT2D eigenvalue weighted by Gasteiger charge is -2.22. The number of ether oxygens (including phenoxy) is 1. The third kappa shape index (κ3) is 3.25. The highest BCUT2D eigenvalue weighted by Crippen LogP contribution is 2.14. The van der Waals surface area contributed by atoms with Crippen LogP contribution in [0.15, 0.2) is 11.8 Å². The predicted octanol–water partition coefficient (Wildman–Crippen LogP) is 0.860. The normalized spacial score (nSPS) is 17.0. The predicted molar refractivity (Wildman–Crippen MR) is 57.7 cm³/mol. The second-order valence-corrected chi connectivity index (χ2v) is 4.04. The monoisotopic (exact) mass is 227 g/mol. The maximum absolute atomic E-state index is 11.8. The fourth-order valence-electron chi connectivity index (χ4n) is 1.54. The second-order valence-electron chi connectivity index (χ2n) is 4.04. The minimum atomic E-state index is -0.895. The number of amides is 1. The van der Waals surface area contributed by atoms with Crippen molar-refractivity contribution in [3.8, 4) is 0 Å². The maximum atomic E-state index is 11.8. The molecule has 0 aromatic carbocycles. The summed E-state index contributed by atoms with van der Waals surface area (Å²) in [5.74, 6) is -1.60. The van der Waals surface area contributed by atoms with Crippen LogP contribution in [0.4, 0.5) is 0 Å². The number of hydrogen-bond acceptors (Lipinski definition) is 3. The third-order valence-corrected chi connectivity index (χ3v) is 2.52. The zero-order valence-electron chi connectivity index (χ0n) is 9.60. The SMILES string of the molecule is CC(CN(C)C(=O)C1=COCCC1)C(=O)O. The number of carbonyl (C=O) groups excluding carboxylic acids is 1. The van der Waals surface area contributed by atoms with Crippen molar-refractivity contribution in [2.24, 2.45) is 5.92 Å². The molecule has 5 nitrogen and oxygen atoms in total. The van der Waals surface area contributed by atoms with E-state index in [1.165, 1.54) is 11.2 Å². The standard InChI is InChI=1S/C11H17NO4/c1-8(11(14)15)6-12(2)10(13)9-4-3-5-16-7-9/h7-8H,3-6H2,1-2H3,(H,14,15). The molecule has 0 spiro atoms. The number of carboxylic acid groups (broad SMARTS) is 1. The van der Waals surface area contributed by atoms with Gasteiger partial charge in [0.2, 0.25) is 0 Å². The van der Waals surface area contributed by atoms with Crippen LogP contribution in [-0.2, 0) is 14.3 Å². The van der Waals surface area contributed by atoms with Crippen LogP contribution in [0.25, 0.3) is 0 Å². The number of hydrogen-bond donors (Lipinski definition) is 1. The van der Waals surface area contributed by atoms with Gasteiger partial charge in [0.05, 0.1) is 24.4 Å². The van der Waals surface area contributed by atoms with Crippen LogP contribution in [0, 0.1) is 5.92 Å². The van der Waals surface area contributed by atoms with Crippen LogP contribution in [-0.4, -0.2) is 42.1 Å². The summed E-state index contributed by atoms with van der Waals surface area (Å²) in [6.07, 6.45) is 3.01. The number of carboxylic acids is 1. The van der Waals surface area contributed by atoms with Gasteiger partial charge in [-0.1, -0.05) is 6.92 Å². The molecular weight excluding hydrogens is 210 g/mol. The number of carbonyl (C=O) groups is 2. The van der Waals surface area contributed by atoms with Crippen LogP contribution >= 0.6 is 0 Å². The van der Waals surface area contributed by atoms with Crippen molar-refractivity contribution >= 4 is 11.9 Å². The molecule has 1 aliphatic heterocycles. The van der Waals surface area contributed by atoms with Gasteiger partial charge in [-0.15, -0.1) is 0 Å². The van der Waals surface area contributed by atoms with Crippen molar-refractivity contribution in [1.82, 2.24) is 4.90 Å². The molecule has 0 radical (unpaired) electrons. The van der Waals surface area contributed by atoms with Gasteiger partial charge in [-0.2, -0.15) is 0 Å². The first-order valence-corrected chi connectivity index (χ1v) is 5.31. The van der Waals surface area contributed by atoms with Crippen molar-refractivity contribution in [3.63, 3.8) is 0 Å². The molecule has 0 fully saturated rings. The minimum Gasteiger partial charge on any atom is -0.501 e. The maximum Gasteiger partial charge on any atom is 0.308 e. The average Bonchev–Trinajstić information content (AvgIpc) is 2.28. The summed E-state index contributed by atoms with van der Waals surface area (Å²) in [5, 5.41) is 8.75. The van der Waals surface area contributed by atoms with Gasteiger partial charge in [-0.25, -0.2) is 0 Å². The number of aliphatic carboxylic acids is 1. The van der Waals surface area contributed by atoms with Gasteiger partial charge in [0.15, 0.2) is 0 Å². The van der Waals surface area contributed by atoms with Crippen molar-refractivity contribution in [1.29, 1.82) is 0 Å². The van der Waals surface area contributed by atoms with Crippen LogP contribution in [0.5, 0.6) is 0 Å². The van der Waals surface area contributed by atoms with E-state index in [1.54, 1.807) is 14.0 Å². The van der Waals surface area contributed by atoms with E-state index in [4.69, 9.17) is 9.84 Å². The Morgan fingerprint density at radius 1 is 1.62 bits per heavy atom. The van der Waals surface area contributed by atoms with Crippen LogP contribution in [0.2, 0.25) is 0 Å². The van der Waals surface area contributed by atoms with Gasteiger partial charge < -0.3 is 14.7 Å². The van der Waals surface area contributed by atoms with Crippen molar-refractivity contribution in [2.45, 2.75) is 19.8 Å². The van der Waals surface area contributed by atoms with Gasteiger partial charge in [-0.3, -0.25) is 9.59 Å². The Morgan fingerprint density at radius 3 is 2.81 bits per heavy atom. The van der Waals surface area contributed by atoms with Gasteiger partial charge in [0.25, 0.3) is 5.91 Å². The van der Waals surface area contributed by atoms with Crippen LogP contribution in [0.3, 0.4) is 0 Å². The largest absolute Gasteiger partial charge is 0.501 e. The summed E-state index contributed by atoms with van der Waals surface area (Å²) >= 11 is 0. The molecule has 1 rings (SSSR count). The van der Waals surface area contributed by atoms with Crippen molar-refractivity contribution in [2.75, 3.05) is 20.2 Å². The lowest BCUT2D eigenvalue weighted by molar-refractivity contribution is -0.142. The van der Waals surface area contributed by atoms with Crippen LogP contribution < -0.4 is 0 Å². The molecule has 16 heavy (non-hydrogen) atoms. The van der Waals surface area contributed by atoms with E-state index in [0.29, 0.717) is 18.6 Å². The molecule has 0 aromatic rings. The molecule has 5 heteroatoms. The first-order valence-electron chi connectivity index (χ1n) is 5.31. The van der Waals surface area contributed by atoms with Crippen molar-refractivity contribution in [3.05, 3.63) is 11.8 Å². The van der Waals surface area contributed by atoms with Gasteiger partial charge in [0, 0.05) is 13.6 Å². The quantitative estimate of drug-likeness (QED) is 0.773. The molecule has 0 saturated heterocycles. The molecule has 0 saturated carbocycles. The topological polar surface area (TPSA) is 66.8 Å². The molecule has 90 valence electrons. The average molecular weight is 227 g/mol. The first kappa shape index (κ1) is 12.5. The minimum absolute atomic E-state index is 0.146. The van der Waals surface area contributed by atoms with E-state index in [-0.39, 0.29) is 12.5 Å². The molecule has 0 aromatic heterocycles. The second kappa shape index (κ2) is 5.53. The number of likely N-dealkylation sites (N-methyl/N-ethyl adjacent to an activating group) is 1. The summed E-state index contributed by atoms with van der Waals surface area (Å²) in [6, 6.07) is 0. The summed E-state index contributed by atoms with van der Waals surface area (Å²) in [4.78, 5) is 23.9. The van der Waals surface area contributed by atoms with Gasteiger partial charge in [-0.05, 0) is 12.8 Å². The number of nitrogens with zero attached hydrogens (tertiary/aromatic N) is 1. The van der Waals surface area contributed by atoms with Crippen LogP contribution in [0.1, 0.15) is 19.8 Å². The molecule has 0 aliphatic carbocycles. The van der Waals surface area contributed by atoms with Gasteiger partial charge in [0.1, 0.15) is 0 Å². The zero-order chi connectivity index (χ0) is 12.1. The first-order chi connectivity index (χ1) is 7.52. The Hall–Kier alpha value is -1.52. The van der Waals surface area contributed by atoms with E-state index in [0.717, 1.165) is 6.42 Å². The van der Waals surface area contributed by atoms with Gasteiger partial charge >= 0.3 is 5.97 Å². The Bertz CT molecular complexity index is 311. The Labute approximate surface area is 94.7 Å². The molecular formula is C11H17NO4. The molecule has 1 atom stereocenters. The van der Waals surface area contributed by atoms with E-state index in [2.05, 4.69) is 0 Å². The fraction of sp³-hybridized carbons (Fsp3) is 0.636. The van der Waals surface area contributed by atoms with E-state index >= 15 is 0 Å². The lowest BCUT2D eigenvalue weighted by Crippen LogP contribution is -2.35. The fourth-order valence-corrected chi connectivity index (χ4v) is 1.54. The number of rotatable bonds is 4. The molecule has 1 heterocycles. The Kier molecular flexibility index (Phi) is 4.34. The Balaban J connectivity index is 2.53. The smallest absolute Gasteiger partial charge is 0.308 e. The summed E-state index contributed by atoms with van der Waals surface area (Å²) < 4.78 is 5.08. The molecule has 1 unspecified atom stereocenters. The zero-order valence-corrected chi connectivity index (χ0v) is 9.60. The highest BCUT2D eigenvalue weighted by Gasteiger charge is 2.21. The van der Waals surface area contributed by atoms with E-state index in [1.807, 2.05) is 0 Å². The molecule has 1 aliphatic rings. The van der Waals surface area contributed by atoms with E-state index < -0.39 is 11.9 Å². The molecule has 0 bridgehead atoms.